The molecular weight excluding hydrogens is 1780 g/mol. The standard InChI is InChI=1S/C74H53N3.C67H44N2O/c1-73(2)63-32-14-11-28-59(63)62-31-20-34-66(72(62)73)74(53-23-5-3-6-24-53)64-33-15-18-37-70(64)76(71-49-57(47-48-65(71)74)77-68-35-16-12-29-60(68)61-30-13-17-36-69(61)77)56-45-41-51(42-46-56)50-39-43-55(44-40-50)75(54-25-7-4-8-26-54)67-38-19-22-52-21-9-10-27-58(52)67;1-5-17-45(18-6-1)49-31-37-59-63(42-49)69(54-35-29-47(30-36-54)48-33-39-62-57(41-48)55-25-13-15-27-61(55)68(62)53-23-11-4-12-24-53)64-43-50(46-19-7-2-8-20-46)32-38-60(64)67(59,51-21-9-3-10-22-51)52-34-40-66-58(44-52)56-26-14-16-28-65(56)70-66/h3-49H,1-2H3;1-44H. The lowest BCUT2D eigenvalue weighted by Crippen LogP contribution is -2.39. The minimum absolute atomic E-state index is 0.261. The lowest BCUT2D eigenvalue weighted by molar-refractivity contribution is 0.625. The summed E-state index contributed by atoms with van der Waals surface area (Å²) in [6.45, 7) is 4.85. The Hall–Kier alpha value is -18.9. The van der Waals surface area contributed by atoms with Gasteiger partial charge in [-0.2, -0.15) is 0 Å². The van der Waals surface area contributed by atoms with Gasteiger partial charge in [-0.15, -0.1) is 0 Å². The topological polar surface area (TPSA) is 32.7 Å². The average molecular weight is 1880 g/mol. The van der Waals surface area contributed by atoms with Crippen LogP contribution in [0.15, 0.2) is 556 Å². The van der Waals surface area contributed by atoms with Crippen molar-refractivity contribution in [3.8, 4) is 67.0 Å². The summed E-state index contributed by atoms with van der Waals surface area (Å²) in [6, 6.07) is 203. The predicted octanol–water partition coefficient (Wildman–Crippen LogP) is 37.4. The number of furan rings is 1. The molecule has 692 valence electrons. The van der Waals surface area contributed by atoms with E-state index < -0.39 is 10.8 Å². The Morgan fingerprint density at radius 2 is 0.599 bits per heavy atom. The van der Waals surface area contributed by atoms with Crippen molar-refractivity contribution in [1.82, 2.24) is 9.13 Å². The van der Waals surface area contributed by atoms with Crippen molar-refractivity contribution >= 4 is 128 Å². The minimum Gasteiger partial charge on any atom is -0.456 e. The van der Waals surface area contributed by atoms with Crippen molar-refractivity contribution in [2.45, 2.75) is 30.1 Å². The lowest BCUT2D eigenvalue weighted by atomic mass is 9.59. The van der Waals surface area contributed by atoms with Gasteiger partial charge < -0.3 is 28.3 Å². The Morgan fingerprint density at radius 3 is 1.23 bits per heavy atom. The van der Waals surface area contributed by atoms with Crippen molar-refractivity contribution in [3.63, 3.8) is 0 Å². The maximum atomic E-state index is 6.47. The molecule has 0 saturated carbocycles. The number of nitrogens with zero attached hydrogens (tertiary/aromatic N) is 5. The molecule has 1 atom stereocenters. The maximum Gasteiger partial charge on any atom is 0.135 e. The molecule has 26 aromatic rings. The Labute approximate surface area is 854 Å². The van der Waals surface area contributed by atoms with E-state index in [1.807, 2.05) is 6.07 Å². The fourth-order valence-corrected chi connectivity index (χ4v) is 25.0. The average Bonchev–Trinajstić information content (AvgIpc) is 1.63. The van der Waals surface area contributed by atoms with Crippen molar-refractivity contribution in [2.24, 2.45) is 0 Å². The van der Waals surface area contributed by atoms with Gasteiger partial charge in [0.05, 0.1) is 61.3 Å². The first-order chi connectivity index (χ1) is 72.7. The zero-order chi connectivity index (χ0) is 97.4. The molecule has 0 bridgehead atoms. The van der Waals surface area contributed by atoms with Crippen molar-refractivity contribution in [1.29, 1.82) is 0 Å². The number of benzene rings is 23. The third-order valence-electron chi connectivity index (χ3n) is 31.5. The zero-order valence-corrected chi connectivity index (χ0v) is 81.2. The van der Waals surface area contributed by atoms with Crippen LogP contribution in [0.25, 0.3) is 143 Å². The van der Waals surface area contributed by atoms with Crippen LogP contribution in [0.5, 0.6) is 0 Å². The molecule has 23 aromatic carbocycles. The van der Waals surface area contributed by atoms with Gasteiger partial charge in [0.25, 0.3) is 0 Å². The quantitative estimate of drug-likeness (QED) is 0.102. The van der Waals surface area contributed by atoms with E-state index in [9.17, 15) is 0 Å². The summed E-state index contributed by atoms with van der Waals surface area (Å²) in [5.74, 6) is 0. The van der Waals surface area contributed by atoms with Gasteiger partial charge in [0.15, 0.2) is 0 Å². The summed E-state index contributed by atoms with van der Waals surface area (Å²) in [6.07, 6.45) is 0. The van der Waals surface area contributed by atoms with Crippen molar-refractivity contribution < 1.29 is 4.42 Å². The Balaban J connectivity index is 0.000000143. The van der Waals surface area contributed by atoms with Gasteiger partial charge in [-0.25, -0.2) is 0 Å². The van der Waals surface area contributed by atoms with Crippen LogP contribution in [0.1, 0.15) is 69.5 Å². The van der Waals surface area contributed by atoms with Crippen LogP contribution >= 0.6 is 0 Å². The van der Waals surface area contributed by atoms with E-state index in [4.69, 9.17) is 4.42 Å². The van der Waals surface area contributed by atoms with E-state index in [1.165, 1.54) is 138 Å². The molecule has 1 aliphatic carbocycles. The van der Waals surface area contributed by atoms with E-state index in [2.05, 4.69) is 584 Å². The van der Waals surface area contributed by atoms with E-state index >= 15 is 0 Å². The molecule has 6 nitrogen and oxygen atoms in total. The molecule has 2 aliphatic heterocycles. The first kappa shape index (κ1) is 86.0. The van der Waals surface area contributed by atoms with E-state index in [-0.39, 0.29) is 5.41 Å². The molecule has 1 unspecified atom stereocenters. The Bertz CT molecular complexity index is 9480. The molecule has 0 saturated heterocycles. The number of hydrogen-bond donors (Lipinski definition) is 0. The highest BCUT2D eigenvalue weighted by molar-refractivity contribution is 6.13. The molecule has 0 N–H and O–H groups in total. The normalized spacial score (nSPS) is 14.0. The second kappa shape index (κ2) is 34.8. The van der Waals surface area contributed by atoms with Crippen molar-refractivity contribution in [2.75, 3.05) is 14.7 Å². The number of para-hydroxylation sites is 7. The highest BCUT2D eigenvalue weighted by Crippen LogP contribution is 2.65. The fraction of sp³-hybridized carbons (Fsp3) is 0.0355. The van der Waals surface area contributed by atoms with Crippen LogP contribution in [-0.2, 0) is 16.2 Å². The molecule has 29 rings (SSSR count). The molecule has 0 amide bonds. The lowest BCUT2D eigenvalue weighted by Gasteiger charge is -2.48. The third-order valence-corrected chi connectivity index (χ3v) is 31.5. The molecule has 3 aliphatic rings. The second-order valence-corrected chi connectivity index (χ2v) is 39.6. The van der Waals surface area contributed by atoms with Gasteiger partial charge in [0, 0.05) is 77.2 Å². The van der Waals surface area contributed by atoms with Crippen LogP contribution in [0.3, 0.4) is 0 Å². The molecule has 6 heteroatoms. The van der Waals surface area contributed by atoms with Gasteiger partial charge in [0.1, 0.15) is 11.2 Å². The summed E-state index contributed by atoms with van der Waals surface area (Å²) in [4.78, 5) is 7.41. The van der Waals surface area contributed by atoms with E-state index in [1.54, 1.807) is 0 Å². The molecule has 0 spiro atoms. The first-order valence-corrected chi connectivity index (χ1v) is 50.9. The van der Waals surface area contributed by atoms with Crippen LogP contribution < -0.4 is 14.7 Å². The zero-order valence-electron chi connectivity index (χ0n) is 81.2. The smallest absolute Gasteiger partial charge is 0.135 e. The Morgan fingerprint density at radius 1 is 0.204 bits per heavy atom. The predicted molar refractivity (Wildman–Crippen MR) is 613 cm³/mol. The van der Waals surface area contributed by atoms with Crippen LogP contribution in [-0.4, -0.2) is 9.13 Å². The van der Waals surface area contributed by atoms with Crippen LogP contribution in [0.4, 0.5) is 51.2 Å². The molecule has 5 heterocycles. The SMILES string of the molecule is CC1(C)c2ccccc2-c2cccc(C3(c4ccccc4)c4ccccc4N(c4ccc(-c5ccc(N(c6ccccc6)c6cccc7ccccc67)cc5)cc4)c4cc(-n5c6ccccc6c6ccccc65)ccc43)c21.c1ccc(-c2ccc3c(c2)N(c2ccc(-c4ccc5c(c4)c4ccccc4n5-c4ccccc4)cc2)c2cc(-c4ccccc4)ccc2C3(c2ccccc2)c2ccc3oc4ccccc4c3c2)cc1. The molecule has 0 fully saturated rings. The van der Waals surface area contributed by atoms with E-state index in [0.29, 0.717) is 0 Å². The fourth-order valence-electron chi connectivity index (χ4n) is 25.0. The maximum absolute atomic E-state index is 6.47. The number of hydrogen-bond acceptors (Lipinski definition) is 4. The van der Waals surface area contributed by atoms with Gasteiger partial charge in [-0.3, -0.25) is 0 Å². The van der Waals surface area contributed by atoms with Gasteiger partial charge in [-0.1, -0.05) is 420 Å². The summed E-state index contributed by atoms with van der Waals surface area (Å²) in [5, 5.41) is 9.61. The highest BCUT2D eigenvalue weighted by atomic mass is 16.3. The number of anilines is 9. The molecular formula is C141H97N5O. The minimum atomic E-state index is -0.715. The summed E-state index contributed by atoms with van der Waals surface area (Å²) < 4.78 is 11.3. The highest BCUT2D eigenvalue weighted by Gasteiger charge is 2.52. The first-order valence-electron chi connectivity index (χ1n) is 50.9. The van der Waals surface area contributed by atoms with Crippen LogP contribution in [0.2, 0.25) is 0 Å². The summed E-state index contributed by atoms with van der Waals surface area (Å²) >= 11 is 0. The van der Waals surface area contributed by atoms with Gasteiger partial charge in [-0.05, 0) is 262 Å². The summed E-state index contributed by atoms with van der Waals surface area (Å²) in [7, 11) is 0. The molecule has 0 radical (unpaired) electrons. The Kier molecular flexibility index (Phi) is 20.4. The van der Waals surface area contributed by atoms with Crippen molar-refractivity contribution in [3.05, 3.63) is 608 Å². The number of rotatable bonds is 15. The third kappa shape index (κ3) is 13.7. The van der Waals surface area contributed by atoms with Gasteiger partial charge >= 0.3 is 0 Å². The second-order valence-electron chi connectivity index (χ2n) is 39.6. The number of fused-ring (bicyclic) bond motifs is 17. The number of aromatic nitrogens is 2. The molecule has 147 heavy (non-hydrogen) atoms. The summed E-state index contributed by atoms with van der Waals surface area (Å²) in [5.41, 5.74) is 41.7. The van der Waals surface area contributed by atoms with Gasteiger partial charge in [0.2, 0.25) is 0 Å². The molecule has 3 aromatic heterocycles. The van der Waals surface area contributed by atoms with E-state index in [0.717, 1.165) is 112 Å². The van der Waals surface area contributed by atoms with Crippen LogP contribution in [0, 0.1) is 0 Å². The monoisotopic (exact) mass is 1880 g/mol. The largest absolute Gasteiger partial charge is 0.456 e.